The number of aromatic hydroxyl groups is 3. The Morgan fingerprint density at radius 3 is 2.22 bits per heavy atom. The molecule has 6 nitrogen and oxygen atoms in total. The highest BCUT2D eigenvalue weighted by molar-refractivity contribution is 5.96. The van der Waals surface area contributed by atoms with Gasteiger partial charge in [0.15, 0.2) is 17.2 Å². The van der Waals surface area contributed by atoms with Crippen LogP contribution in [0.15, 0.2) is 17.2 Å². The molecule has 0 aliphatic heterocycles. The number of carbonyl (C=O) groups excluding carboxylic acids is 1. The SMILES string of the molecule is O=C(NN=C1CCCC1)c1cc(O)c(O)c(O)c1. The molecular weight excluding hydrogens is 236 g/mol. The van der Waals surface area contributed by atoms with Crippen LogP contribution in [0.1, 0.15) is 36.0 Å². The van der Waals surface area contributed by atoms with Gasteiger partial charge >= 0.3 is 0 Å². The lowest BCUT2D eigenvalue weighted by atomic mass is 10.2. The van der Waals surface area contributed by atoms with Gasteiger partial charge in [-0.15, -0.1) is 0 Å². The van der Waals surface area contributed by atoms with Crippen molar-refractivity contribution in [2.24, 2.45) is 5.10 Å². The monoisotopic (exact) mass is 250 g/mol. The number of hydrazone groups is 1. The van der Waals surface area contributed by atoms with Crippen molar-refractivity contribution in [3.8, 4) is 17.2 Å². The fourth-order valence-electron chi connectivity index (χ4n) is 1.82. The van der Waals surface area contributed by atoms with Gasteiger partial charge in [-0.05, 0) is 37.8 Å². The first-order chi connectivity index (χ1) is 8.58. The predicted octanol–water partition coefficient (Wildman–Crippen LogP) is 1.46. The maximum absolute atomic E-state index is 11.7. The molecule has 1 saturated carbocycles. The van der Waals surface area contributed by atoms with Crippen molar-refractivity contribution in [2.75, 3.05) is 0 Å². The van der Waals surface area contributed by atoms with Crippen molar-refractivity contribution in [1.29, 1.82) is 0 Å². The molecule has 0 heterocycles. The second-order valence-electron chi connectivity index (χ2n) is 4.19. The minimum atomic E-state index is -0.645. The van der Waals surface area contributed by atoms with Gasteiger partial charge in [0.05, 0.1) is 0 Å². The Morgan fingerprint density at radius 1 is 1.11 bits per heavy atom. The number of phenolic OH excluding ortho intramolecular Hbond substituents is 3. The van der Waals surface area contributed by atoms with Gasteiger partial charge in [0.2, 0.25) is 0 Å². The van der Waals surface area contributed by atoms with E-state index in [2.05, 4.69) is 10.5 Å². The maximum Gasteiger partial charge on any atom is 0.271 e. The Morgan fingerprint density at radius 2 is 1.67 bits per heavy atom. The number of rotatable bonds is 2. The fourth-order valence-corrected chi connectivity index (χ4v) is 1.82. The van der Waals surface area contributed by atoms with Gasteiger partial charge in [0.25, 0.3) is 5.91 Å². The fraction of sp³-hybridized carbons (Fsp3) is 0.333. The number of amides is 1. The van der Waals surface area contributed by atoms with Crippen LogP contribution in [-0.4, -0.2) is 26.9 Å². The highest BCUT2D eigenvalue weighted by atomic mass is 16.3. The molecular formula is C12H14N2O4. The molecule has 1 amide bonds. The van der Waals surface area contributed by atoms with Crippen LogP contribution in [-0.2, 0) is 0 Å². The van der Waals surface area contributed by atoms with Crippen molar-refractivity contribution in [3.63, 3.8) is 0 Å². The summed E-state index contributed by atoms with van der Waals surface area (Å²) in [5.41, 5.74) is 3.33. The Balaban J connectivity index is 2.11. The molecule has 0 bridgehead atoms. The van der Waals surface area contributed by atoms with Crippen molar-refractivity contribution >= 4 is 11.6 Å². The predicted molar refractivity (Wildman–Crippen MR) is 64.8 cm³/mol. The quantitative estimate of drug-likeness (QED) is 0.471. The van der Waals surface area contributed by atoms with E-state index in [1.807, 2.05) is 0 Å². The summed E-state index contributed by atoms with van der Waals surface area (Å²) in [7, 11) is 0. The maximum atomic E-state index is 11.7. The van der Waals surface area contributed by atoms with E-state index in [1.165, 1.54) is 0 Å². The second kappa shape index (κ2) is 4.95. The molecule has 0 atom stereocenters. The van der Waals surface area contributed by atoms with Gasteiger partial charge in [0.1, 0.15) is 0 Å². The van der Waals surface area contributed by atoms with Crippen LogP contribution in [0.2, 0.25) is 0 Å². The lowest BCUT2D eigenvalue weighted by molar-refractivity contribution is 0.0954. The zero-order valence-electron chi connectivity index (χ0n) is 9.68. The van der Waals surface area contributed by atoms with Crippen LogP contribution in [0.3, 0.4) is 0 Å². The summed E-state index contributed by atoms with van der Waals surface area (Å²) in [6, 6.07) is 2.14. The summed E-state index contributed by atoms with van der Waals surface area (Å²) in [4.78, 5) is 11.7. The van der Waals surface area contributed by atoms with Crippen LogP contribution in [0.25, 0.3) is 0 Å². The van der Waals surface area contributed by atoms with Gasteiger partial charge in [-0.3, -0.25) is 4.79 Å². The van der Waals surface area contributed by atoms with Crippen LogP contribution in [0, 0.1) is 0 Å². The summed E-state index contributed by atoms with van der Waals surface area (Å²) >= 11 is 0. The third-order valence-electron chi connectivity index (χ3n) is 2.83. The van der Waals surface area contributed by atoms with Crippen LogP contribution in [0.4, 0.5) is 0 Å². The molecule has 2 rings (SSSR count). The third kappa shape index (κ3) is 2.53. The Bertz CT molecular complexity index is 480. The summed E-state index contributed by atoms with van der Waals surface area (Å²) in [5, 5.41) is 31.7. The summed E-state index contributed by atoms with van der Waals surface area (Å²) in [6.07, 6.45) is 3.92. The lowest BCUT2D eigenvalue weighted by Crippen LogP contribution is -2.18. The standard InChI is InChI=1S/C12H14N2O4/c15-9-5-7(6-10(16)11(9)17)12(18)14-13-8-3-1-2-4-8/h5-6,15-17H,1-4H2,(H,14,18). The number of benzene rings is 1. The van der Waals surface area contributed by atoms with Crippen molar-refractivity contribution < 1.29 is 20.1 Å². The van der Waals surface area contributed by atoms with E-state index in [-0.39, 0.29) is 5.56 Å². The van der Waals surface area contributed by atoms with Gasteiger partial charge in [0, 0.05) is 11.3 Å². The number of nitrogens with zero attached hydrogens (tertiary/aromatic N) is 1. The summed E-state index contributed by atoms with van der Waals surface area (Å²) in [6.45, 7) is 0. The van der Waals surface area contributed by atoms with Crippen molar-refractivity contribution in [1.82, 2.24) is 5.43 Å². The molecule has 18 heavy (non-hydrogen) atoms. The average molecular weight is 250 g/mol. The minimum Gasteiger partial charge on any atom is -0.504 e. The first-order valence-corrected chi connectivity index (χ1v) is 5.68. The third-order valence-corrected chi connectivity index (χ3v) is 2.83. The number of hydrogen-bond donors (Lipinski definition) is 4. The first kappa shape index (κ1) is 12.2. The molecule has 1 aliphatic carbocycles. The Labute approximate surface area is 104 Å². The first-order valence-electron chi connectivity index (χ1n) is 5.68. The zero-order valence-corrected chi connectivity index (χ0v) is 9.68. The lowest BCUT2D eigenvalue weighted by Gasteiger charge is -2.05. The van der Waals surface area contributed by atoms with E-state index >= 15 is 0 Å². The molecule has 1 aromatic rings. The van der Waals surface area contributed by atoms with Gasteiger partial charge < -0.3 is 15.3 Å². The van der Waals surface area contributed by atoms with E-state index in [4.69, 9.17) is 5.11 Å². The average Bonchev–Trinajstić information content (AvgIpc) is 2.85. The van der Waals surface area contributed by atoms with Gasteiger partial charge in [-0.25, -0.2) is 5.43 Å². The van der Waals surface area contributed by atoms with E-state index in [1.54, 1.807) is 0 Å². The molecule has 6 heteroatoms. The molecule has 0 saturated heterocycles. The topological polar surface area (TPSA) is 102 Å². The number of phenols is 3. The largest absolute Gasteiger partial charge is 0.504 e. The van der Waals surface area contributed by atoms with Crippen molar-refractivity contribution in [3.05, 3.63) is 17.7 Å². The van der Waals surface area contributed by atoms with E-state index in [9.17, 15) is 15.0 Å². The Kier molecular flexibility index (Phi) is 3.36. The Hall–Kier alpha value is -2.24. The van der Waals surface area contributed by atoms with Gasteiger partial charge in [-0.2, -0.15) is 5.10 Å². The molecule has 0 radical (unpaired) electrons. The van der Waals surface area contributed by atoms with E-state index in [0.717, 1.165) is 43.5 Å². The van der Waals surface area contributed by atoms with E-state index in [0.29, 0.717) is 0 Å². The van der Waals surface area contributed by atoms with Crippen LogP contribution >= 0.6 is 0 Å². The molecule has 0 aromatic heterocycles. The summed E-state index contributed by atoms with van der Waals surface area (Å²) in [5.74, 6) is -2.28. The normalized spacial score (nSPS) is 14.6. The van der Waals surface area contributed by atoms with Gasteiger partial charge in [-0.1, -0.05) is 0 Å². The summed E-state index contributed by atoms with van der Waals surface area (Å²) < 4.78 is 0. The van der Waals surface area contributed by atoms with Crippen LogP contribution < -0.4 is 5.43 Å². The molecule has 0 unspecified atom stereocenters. The molecule has 4 N–H and O–H groups in total. The number of hydrogen-bond acceptors (Lipinski definition) is 5. The minimum absolute atomic E-state index is 0.0325. The highest BCUT2D eigenvalue weighted by Gasteiger charge is 2.14. The number of carbonyl (C=O) groups is 1. The highest BCUT2D eigenvalue weighted by Crippen LogP contribution is 2.35. The van der Waals surface area contributed by atoms with Crippen LogP contribution in [0.5, 0.6) is 17.2 Å². The zero-order chi connectivity index (χ0) is 13.1. The molecule has 1 aromatic carbocycles. The van der Waals surface area contributed by atoms with Crippen molar-refractivity contribution in [2.45, 2.75) is 25.7 Å². The molecule has 0 spiro atoms. The molecule has 1 aliphatic rings. The second-order valence-corrected chi connectivity index (χ2v) is 4.19. The van der Waals surface area contributed by atoms with E-state index < -0.39 is 23.2 Å². The molecule has 96 valence electrons. The molecule has 1 fully saturated rings. The smallest absolute Gasteiger partial charge is 0.271 e. The number of nitrogens with one attached hydrogen (secondary N) is 1.